The van der Waals surface area contributed by atoms with E-state index in [0.717, 1.165) is 43.0 Å². The van der Waals surface area contributed by atoms with Gasteiger partial charge in [0.05, 0.1) is 6.54 Å². The lowest BCUT2D eigenvalue weighted by atomic mass is 10.2. The topological polar surface area (TPSA) is 63.1 Å². The van der Waals surface area contributed by atoms with Gasteiger partial charge in [-0.15, -0.1) is 10.2 Å². The van der Waals surface area contributed by atoms with E-state index < -0.39 is 0 Å². The highest BCUT2D eigenvalue weighted by Gasteiger charge is 2.16. The van der Waals surface area contributed by atoms with Crippen LogP contribution in [0, 0.1) is 0 Å². The van der Waals surface area contributed by atoms with Crippen molar-refractivity contribution in [2.75, 3.05) is 7.05 Å². The number of fused-ring (bicyclic) bond motifs is 1. The zero-order valence-electron chi connectivity index (χ0n) is 13.8. The third kappa shape index (κ3) is 3.87. The molecular formula is C17H22ClN5O. The molecule has 0 aliphatic carbocycles. The molecule has 0 atom stereocenters. The van der Waals surface area contributed by atoms with Crippen molar-refractivity contribution in [1.29, 1.82) is 0 Å². The van der Waals surface area contributed by atoms with Crippen LogP contribution in [0.15, 0.2) is 24.3 Å². The number of urea groups is 1. The van der Waals surface area contributed by atoms with E-state index in [-0.39, 0.29) is 6.03 Å². The lowest BCUT2D eigenvalue weighted by Gasteiger charge is -2.18. The maximum Gasteiger partial charge on any atom is 0.317 e. The highest BCUT2D eigenvalue weighted by molar-refractivity contribution is 6.31. The Morgan fingerprint density at radius 3 is 2.96 bits per heavy atom. The Labute approximate surface area is 146 Å². The molecule has 24 heavy (non-hydrogen) atoms. The summed E-state index contributed by atoms with van der Waals surface area (Å²) in [7, 11) is 1.75. The number of hydrogen-bond acceptors (Lipinski definition) is 3. The lowest BCUT2D eigenvalue weighted by Crippen LogP contribution is -2.37. The standard InChI is InChI=1S/C17H22ClN5O/c1-22(12-13-7-4-5-8-14(13)18)17(24)19-11-16-21-20-15-9-3-2-6-10-23(15)16/h4-5,7-8H,2-3,6,9-12H2,1H3,(H,19,24). The number of aromatic nitrogens is 3. The summed E-state index contributed by atoms with van der Waals surface area (Å²) in [5.41, 5.74) is 0.924. The molecule has 3 rings (SSSR count). The zero-order chi connectivity index (χ0) is 16.9. The summed E-state index contributed by atoms with van der Waals surface area (Å²) in [5, 5.41) is 12.1. The number of halogens is 1. The Bertz CT molecular complexity index is 715. The molecule has 0 saturated heterocycles. The van der Waals surface area contributed by atoms with Crippen LogP contribution >= 0.6 is 11.6 Å². The van der Waals surface area contributed by atoms with Gasteiger partial charge < -0.3 is 14.8 Å². The fourth-order valence-electron chi connectivity index (χ4n) is 2.92. The van der Waals surface area contributed by atoms with E-state index in [1.54, 1.807) is 11.9 Å². The van der Waals surface area contributed by atoms with Crippen LogP contribution < -0.4 is 5.32 Å². The smallest absolute Gasteiger partial charge is 0.317 e. The highest BCUT2D eigenvalue weighted by atomic mass is 35.5. The molecule has 0 fully saturated rings. The molecule has 128 valence electrons. The largest absolute Gasteiger partial charge is 0.331 e. The van der Waals surface area contributed by atoms with Crippen molar-refractivity contribution >= 4 is 17.6 Å². The lowest BCUT2D eigenvalue weighted by molar-refractivity contribution is 0.206. The predicted molar refractivity (Wildman–Crippen MR) is 92.7 cm³/mol. The summed E-state index contributed by atoms with van der Waals surface area (Å²) >= 11 is 6.15. The van der Waals surface area contributed by atoms with Gasteiger partial charge in [0.2, 0.25) is 0 Å². The van der Waals surface area contributed by atoms with E-state index >= 15 is 0 Å². The van der Waals surface area contributed by atoms with Crippen molar-refractivity contribution in [3.63, 3.8) is 0 Å². The number of carbonyl (C=O) groups excluding carboxylic acids is 1. The van der Waals surface area contributed by atoms with Crippen LogP contribution in [0.2, 0.25) is 5.02 Å². The average Bonchev–Trinajstić information content (AvgIpc) is 2.81. The van der Waals surface area contributed by atoms with Gasteiger partial charge in [-0.2, -0.15) is 0 Å². The molecular weight excluding hydrogens is 326 g/mol. The second-order valence-electron chi connectivity index (χ2n) is 6.10. The van der Waals surface area contributed by atoms with Crippen LogP contribution in [0.4, 0.5) is 4.79 Å². The summed E-state index contributed by atoms with van der Waals surface area (Å²) in [5.74, 6) is 1.85. The van der Waals surface area contributed by atoms with Crippen molar-refractivity contribution in [2.24, 2.45) is 0 Å². The van der Waals surface area contributed by atoms with E-state index in [1.807, 2.05) is 24.3 Å². The van der Waals surface area contributed by atoms with Crippen molar-refractivity contribution < 1.29 is 4.79 Å². The van der Waals surface area contributed by atoms with Crippen LogP contribution in [0.25, 0.3) is 0 Å². The number of carbonyl (C=O) groups is 1. The molecule has 0 saturated carbocycles. The van der Waals surface area contributed by atoms with Gasteiger partial charge in [0, 0.05) is 31.6 Å². The van der Waals surface area contributed by atoms with Gasteiger partial charge >= 0.3 is 6.03 Å². The number of aryl methyl sites for hydroxylation is 1. The van der Waals surface area contributed by atoms with Gasteiger partial charge in [0.15, 0.2) is 5.82 Å². The van der Waals surface area contributed by atoms with Crippen molar-refractivity contribution in [1.82, 2.24) is 25.0 Å². The first kappa shape index (κ1) is 16.8. The predicted octanol–water partition coefficient (Wildman–Crippen LogP) is 3.00. The Balaban J connectivity index is 1.57. The molecule has 0 unspecified atom stereocenters. The zero-order valence-corrected chi connectivity index (χ0v) is 14.6. The summed E-state index contributed by atoms with van der Waals surface area (Å²) in [6, 6.07) is 7.39. The number of benzene rings is 1. The van der Waals surface area contributed by atoms with Gasteiger partial charge in [-0.1, -0.05) is 36.2 Å². The molecule has 2 heterocycles. The monoisotopic (exact) mass is 347 g/mol. The number of nitrogens with zero attached hydrogens (tertiary/aromatic N) is 4. The molecule has 2 amide bonds. The van der Waals surface area contributed by atoms with E-state index in [1.165, 1.54) is 6.42 Å². The third-order valence-electron chi connectivity index (χ3n) is 4.30. The third-order valence-corrected chi connectivity index (χ3v) is 4.66. The fraction of sp³-hybridized carbons (Fsp3) is 0.471. The van der Waals surface area contributed by atoms with Gasteiger partial charge in [-0.25, -0.2) is 4.79 Å². The summed E-state index contributed by atoms with van der Waals surface area (Å²) in [4.78, 5) is 13.9. The molecule has 1 aromatic heterocycles. The molecule has 7 heteroatoms. The normalized spacial score (nSPS) is 13.9. The first-order chi connectivity index (χ1) is 11.6. The molecule has 0 bridgehead atoms. The number of amides is 2. The molecule has 1 aromatic carbocycles. The minimum absolute atomic E-state index is 0.152. The van der Waals surface area contributed by atoms with E-state index in [9.17, 15) is 4.79 Å². The van der Waals surface area contributed by atoms with E-state index in [4.69, 9.17) is 11.6 Å². The molecule has 2 aromatic rings. The second-order valence-corrected chi connectivity index (χ2v) is 6.51. The van der Waals surface area contributed by atoms with Gasteiger partial charge in [-0.3, -0.25) is 0 Å². The van der Waals surface area contributed by atoms with Crippen LogP contribution in [0.1, 0.15) is 36.5 Å². The molecule has 0 spiro atoms. The van der Waals surface area contributed by atoms with Crippen molar-refractivity contribution in [3.8, 4) is 0 Å². The second kappa shape index (κ2) is 7.66. The first-order valence-electron chi connectivity index (χ1n) is 8.28. The maximum atomic E-state index is 12.3. The van der Waals surface area contributed by atoms with Crippen molar-refractivity contribution in [2.45, 2.75) is 45.3 Å². The average molecular weight is 348 g/mol. The quantitative estimate of drug-likeness (QED) is 0.924. The molecule has 6 nitrogen and oxygen atoms in total. The van der Waals surface area contributed by atoms with Gasteiger partial charge in [0.1, 0.15) is 5.82 Å². The Hall–Kier alpha value is -2.08. The van der Waals surface area contributed by atoms with Crippen LogP contribution in [-0.4, -0.2) is 32.7 Å². The van der Waals surface area contributed by atoms with Gasteiger partial charge in [-0.05, 0) is 24.5 Å². The van der Waals surface area contributed by atoms with Gasteiger partial charge in [0.25, 0.3) is 0 Å². The van der Waals surface area contributed by atoms with Crippen LogP contribution in [0.3, 0.4) is 0 Å². The maximum absolute atomic E-state index is 12.3. The fourth-order valence-corrected chi connectivity index (χ4v) is 3.12. The van der Waals surface area contributed by atoms with E-state index in [0.29, 0.717) is 18.1 Å². The number of rotatable bonds is 4. The summed E-state index contributed by atoms with van der Waals surface area (Å²) < 4.78 is 2.14. The van der Waals surface area contributed by atoms with Crippen molar-refractivity contribution in [3.05, 3.63) is 46.5 Å². The molecule has 0 radical (unpaired) electrons. The molecule has 1 aliphatic rings. The minimum Gasteiger partial charge on any atom is -0.331 e. The number of nitrogens with one attached hydrogen (secondary N) is 1. The Kier molecular flexibility index (Phi) is 5.35. The summed E-state index contributed by atoms with van der Waals surface area (Å²) in [6.07, 6.45) is 4.48. The Morgan fingerprint density at radius 2 is 2.12 bits per heavy atom. The SMILES string of the molecule is CN(Cc1ccccc1Cl)C(=O)NCc1nnc2n1CCCCC2. The van der Waals surface area contributed by atoms with Crippen LogP contribution in [0.5, 0.6) is 0 Å². The summed E-state index contributed by atoms with van der Waals surface area (Å²) in [6.45, 7) is 1.78. The first-order valence-corrected chi connectivity index (χ1v) is 8.66. The highest BCUT2D eigenvalue weighted by Crippen LogP contribution is 2.17. The Morgan fingerprint density at radius 1 is 1.29 bits per heavy atom. The minimum atomic E-state index is -0.152. The molecule has 1 aliphatic heterocycles. The number of hydrogen-bond donors (Lipinski definition) is 1. The van der Waals surface area contributed by atoms with Crippen LogP contribution in [-0.2, 0) is 26.1 Å². The van der Waals surface area contributed by atoms with E-state index in [2.05, 4.69) is 20.1 Å². The molecule has 1 N–H and O–H groups in total.